The number of aliphatic hydroxyl groups excluding tert-OH is 2. The molecule has 0 aromatic carbocycles. The Labute approximate surface area is 191 Å². The standard InChI is InChI=1S/C22H37BN4O5/c1-15(2)27(13-16-7-9-26(10-8-16)19(30)18(29)14-28)20-24-11-17(12-25-20)23-31-21(3,4)22(5,6)32-23/h11-12,15-16,18,28-29H,7-10,13-14H2,1-6H3. The third-order valence-electron chi connectivity index (χ3n) is 6.90. The van der Waals surface area contributed by atoms with E-state index >= 15 is 0 Å². The normalized spacial score (nSPS) is 21.8. The van der Waals surface area contributed by atoms with Crippen molar-refractivity contribution in [2.75, 3.05) is 31.1 Å². The molecule has 1 aromatic heterocycles. The van der Waals surface area contributed by atoms with Crippen LogP contribution in [0.2, 0.25) is 0 Å². The monoisotopic (exact) mass is 448 g/mol. The molecular formula is C22H37BN4O5. The Morgan fingerprint density at radius 2 is 1.72 bits per heavy atom. The third-order valence-corrected chi connectivity index (χ3v) is 6.90. The molecule has 0 radical (unpaired) electrons. The molecule has 0 spiro atoms. The van der Waals surface area contributed by atoms with Crippen LogP contribution < -0.4 is 10.4 Å². The number of amides is 1. The fourth-order valence-corrected chi connectivity index (χ4v) is 4.01. The van der Waals surface area contributed by atoms with Gasteiger partial charge in [0.25, 0.3) is 5.91 Å². The van der Waals surface area contributed by atoms with Gasteiger partial charge >= 0.3 is 7.12 Å². The van der Waals surface area contributed by atoms with Crippen LogP contribution in [0.25, 0.3) is 0 Å². The van der Waals surface area contributed by atoms with Crippen molar-refractivity contribution in [3.63, 3.8) is 0 Å². The van der Waals surface area contributed by atoms with Gasteiger partial charge in [-0.05, 0) is 60.3 Å². The summed E-state index contributed by atoms with van der Waals surface area (Å²) in [6, 6.07) is 0.216. The molecule has 3 heterocycles. The average Bonchev–Trinajstić information content (AvgIpc) is 2.98. The zero-order valence-electron chi connectivity index (χ0n) is 20.1. The minimum absolute atomic E-state index is 0.216. The van der Waals surface area contributed by atoms with Gasteiger partial charge < -0.3 is 29.3 Å². The van der Waals surface area contributed by atoms with Crippen LogP contribution in [0.15, 0.2) is 12.4 Å². The highest BCUT2D eigenvalue weighted by Gasteiger charge is 2.52. The number of likely N-dealkylation sites (tertiary alicyclic amines) is 1. The molecule has 178 valence electrons. The van der Waals surface area contributed by atoms with Gasteiger partial charge in [0.1, 0.15) is 0 Å². The molecule has 1 atom stereocenters. The van der Waals surface area contributed by atoms with Gasteiger partial charge in [0.2, 0.25) is 5.95 Å². The molecule has 1 aromatic rings. The maximum Gasteiger partial charge on any atom is 0.498 e. The molecule has 2 aliphatic heterocycles. The van der Waals surface area contributed by atoms with Crippen molar-refractivity contribution >= 4 is 24.4 Å². The predicted molar refractivity (Wildman–Crippen MR) is 123 cm³/mol. The zero-order chi connectivity index (χ0) is 23.7. The second-order valence-electron chi connectivity index (χ2n) is 10.1. The molecule has 2 N–H and O–H groups in total. The Morgan fingerprint density at radius 3 is 2.19 bits per heavy atom. The van der Waals surface area contributed by atoms with Gasteiger partial charge in [-0.1, -0.05) is 0 Å². The summed E-state index contributed by atoms with van der Waals surface area (Å²) in [5.41, 5.74) is -0.0292. The lowest BCUT2D eigenvalue weighted by molar-refractivity contribution is -0.143. The van der Waals surface area contributed by atoms with E-state index in [0.717, 1.165) is 24.8 Å². The van der Waals surface area contributed by atoms with Gasteiger partial charge in [-0.25, -0.2) is 9.97 Å². The van der Waals surface area contributed by atoms with Gasteiger partial charge in [0.05, 0.1) is 17.8 Å². The summed E-state index contributed by atoms with van der Waals surface area (Å²) in [5.74, 6) is 0.655. The highest BCUT2D eigenvalue weighted by Crippen LogP contribution is 2.36. The van der Waals surface area contributed by atoms with E-state index in [-0.39, 0.29) is 6.04 Å². The number of hydrogen-bond donors (Lipinski definition) is 2. The molecule has 10 heteroatoms. The van der Waals surface area contributed by atoms with E-state index in [1.54, 1.807) is 17.3 Å². The van der Waals surface area contributed by atoms with Crippen LogP contribution in [0.4, 0.5) is 5.95 Å². The number of rotatable bonds is 7. The molecule has 32 heavy (non-hydrogen) atoms. The molecule has 1 amide bonds. The first-order chi connectivity index (χ1) is 14.9. The summed E-state index contributed by atoms with van der Waals surface area (Å²) >= 11 is 0. The number of carbonyl (C=O) groups excluding carboxylic acids is 1. The van der Waals surface area contributed by atoms with Crippen LogP contribution >= 0.6 is 0 Å². The largest absolute Gasteiger partial charge is 0.498 e. The Balaban J connectivity index is 1.62. The van der Waals surface area contributed by atoms with Crippen molar-refractivity contribution in [1.29, 1.82) is 0 Å². The number of nitrogens with zero attached hydrogens (tertiary/aromatic N) is 4. The molecule has 0 bridgehead atoms. The number of carbonyl (C=O) groups is 1. The first-order valence-corrected chi connectivity index (χ1v) is 11.5. The van der Waals surface area contributed by atoms with E-state index in [4.69, 9.17) is 14.4 Å². The van der Waals surface area contributed by atoms with E-state index in [1.807, 2.05) is 27.7 Å². The smallest absolute Gasteiger partial charge is 0.399 e. The lowest BCUT2D eigenvalue weighted by Gasteiger charge is -2.36. The second-order valence-corrected chi connectivity index (χ2v) is 10.1. The summed E-state index contributed by atoms with van der Waals surface area (Å²) in [6.07, 6.45) is 3.89. The maximum absolute atomic E-state index is 12.1. The SMILES string of the molecule is CC(C)N(CC1CCN(C(=O)C(O)CO)CC1)c1ncc(B2OC(C)(C)C(C)(C)O2)cn1. The van der Waals surface area contributed by atoms with E-state index in [9.17, 15) is 9.90 Å². The fourth-order valence-electron chi connectivity index (χ4n) is 4.01. The number of hydrogen-bond acceptors (Lipinski definition) is 8. The van der Waals surface area contributed by atoms with Crippen molar-refractivity contribution in [3.8, 4) is 0 Å². The molecule has 9 nitrogen and oxygen atoms in total. The summed E-state index contributed by atoms with van der Waals surface area (Å²) < 4.78 is 12.2. The zero-order valence-corrected chi connectivity index (χ0v) is 20.1. The molecule has 0 aliphatic carbocycles. The lowest BCUT2D eigenvalue weighted by Crippen LogP contribution is -2.47. The maximum atomic E-state index is 12.1. The molecular weight excluding hydrogens is 411 g/mol. The van der Waals surface area contributed by atoms with E-state index in [0.29, 0.717) is 25.0 Å². The number of aliphatic hydroxyl groups is 2. The first kappa shape index (κ1) is 24.9. The summed E-state index contributed by atoms with van der Waals surface area (Å²) in [4.78, 5) is 25.1. The van der Waals surface area contributed by atoms with Crippen molar-refractivity contribution in [1.82, 2.24) is 14.9 Å². The quantitative estimate of drug-likeness (QED) is 0.584. The highest BCUT2D eigenvalue weighted by atomic mass is 16.7. The molecule has 2 aliphatic rings. The summed E-state index contributed by atoms with van der Waals surface area (Å²) in [7, 11) is -0.488. The van der Waals surface area contributed by atoms with Crippen LogP contribution in [0, 0.1) is 5.92 Å². The van der Waals surface area contributed by atoms with Crippen LogP contribution in [0.3, 0.4) is 0 Å². The molecule has 2 saturated heterocycles. The first-order valence-electron chi connectivity index (χ1n) is 11.5. The van der Waals surface area contributed by atoms with Crippen molar-refractivity contribution < 1.29 is 24.3 Å². The van der Waals surface area contributed by atoms with Crippen LogP contribution in [-0.2, 0) is 14.1 Å². The van der Waals surface area contributed by atoms with E-state index in [2.05, 4.69) is 28.7 Å². The summed E-state index contributed by atoms with van der Waals surface area (Å²) in [5, 5.41) is 18.6. The minimum atomic E-state index is -1.32. The lowest BCUT2D eigenvalue weighted by atomic mass is 9.81. The third kappa shape index (κ3) is 5.25. The molecule has 0 saturated carbocycles. The predicted octanol–water partition coefficient (Wildman–Crippen LogP) is 0.582. The number of aromatic nitrogens is 2. The summed E-state index contributed by atoms with van der Waals surface area (Å²) in [6.45, 7) is 13.7. The van der Waals surface area contributed by atoms with Gasteiger partial charge in [-0.2, -0.15) is 0 Å². The number of piperidine rings is 1. The van der Waals surface area contributed by atoms with Crippen molar-refractivity contribution in [3.05, 3.63) is 12.4 Å². The fraction of sp³-hybridized carbons (Fsp3) is 0.773. The average molecular weight is 448 g/mol. The molecule has 1 unspecified atom stereocenters. The van der Waals surface area contributed by atoms with Crippen LogP contribution in [0.5, 0.6) is 0 Å². The Morgan fingerprint density at radius 1 is 1.19 bits per heavy atom. The molecule has 3 rings (SSSR count). The van der Waals surface area contributed by atoms with Crippen molar-refractivity contribution in [2.24, 2.45) is 5.92 Å². The van der Waals surface area contributed by atoms with Crippen LogP contribution in [-0.4, -0.2) is 87.7 Å². The molecule has 2 fully saturated rings. The Bertz CT molecular complexity index is 765. The highest BCUT2D eigenvalue weighted by molar-refractivity contribution is 6.61. The van der Waals surface area contributed by atoms with Gasteiger partial charge in [0, 0.05) is 43.5 Å². The van der Waals surface area contributed by atoms with Gasteiger partial charge in [-0.3, -0.25) is 4.79 Å². The Kier molecular flexibility index (Phi) is 7.49. The van der Waals surface area contributed by atoms with Gasteiger partial charge in [-0.15, -0.1) is 0 Å². The second kappa shape index (κ2) is 9.63. The van der Waals surface area contributed by atoms with Gasteiger partial charge in [0.15, 0.2) is 6.10 Å². The van der Waals surface area contributed by atoms with Crippen LogP contribution in [0.1, 0.15) is 54.4 Å². The van der Waals surface area contributed by atoms with E-state index < -0.39 is 36.9 Å². The minimum Gasteiger partial charge on any atom is -0.399 e. The van der Waals surface area contributed by atoms with Crippen molar-refractivity contribution in [2.45, 2.75) is 77.7 Å². The Hall–Kier alpha value is -1.75. The topological polar surface area (TPSA) is 108 Å². The van der Waals surface area contributed by atoms with E-state index in [1.165, 1.54) is 0 Å². The number of anilines is 1.